The maximum atomic E-state index is 8.14. The van der Waals surface area contributed by atoms with Gasteiger partial charge in [0.25, 0.3) is 0 Å². The second-order valence-corrected chi connectivity index (χ2v) is 5.06. The van der Waals surface area contributed by atoms with Crippen LogP contribution in [0.3, 0.4) is 0 Å². The van der Waals surface area contributed by atoms with Crippen LogP contribution in [0.1, 0.15) is 38.3 Å². The first-order chi connectivity index (χ1) is 8.45. The van der Waals surface area contributed by atoms with Gasteiger partial charge in [-0.15, -0.1) is 0 Å². The number of benzene rings is 1. The van der Waals surface area contributed by atoms with Gasteiger partial charge in [-0.3, -0.25) is 0 Å². The molecule has 0 fully saturated rings. The molecule has 0 aliphatic carbocycles. The molecule has 0 aliphatic heterocycles. The Morgan fingerprint density at radius 2 is 2.11 bits per heavy atom. The maximum Gasteiger partial charge on any atom is 0.0477 e. The van der Waals surface area contributed by atoms with E-state index in [1.54, 1.807) is 0 Å². The van der Waals surface area contributed by atoms with E-state index in [1.165, 1.54) is 5.56 Å². The van der Waals surface area contributed by atoms with Crippen LogP contribution in [0.4, 0.5) is 5.69 Å². The minimum atomic E-state index is 0.0786. The van der Waals surface area contributed by atoms with Crippen LogP contribution in [0.5, 0.6) is 0 Å². The molecular formula is C14H18N4. The summed E-state index contributed by atoms with van der Waals surface area (Å²) in [6.07, 6.45) is 0.545. The molecule has 0 heterocycles. The zero-order chi connectivity index (χ0) is 13.6. The van der Waals surface area contributed by atoms with Crippen LogP contribution in [0, 0.1) is 11.8 Å². The van der Waals surface area contributed by atoms with Gasteiger partial charge in [0.2, 0.25) is 0 Å². The van der Waals surface area contributed by atoms with E-state index in [2.05, 4.69) is 42.6 Å². The molecule has 0 atom stereocenters. The predicted octanol–water partition coefficient (Wildman–Crippen LogP) is 3.62. The van der Waals surface area contributed by atoms with Gasteiger partial charge in [0, 0.05) is 29.1 Å². The molecule has 0 saturated heterocycles. The SMILES string of the molecule is CC(C)(C)c1ccc(N)c(C#CCCN=[N+]=[N-])c1. The molecule has 4 nitrogen and oxygen atoms in total. The minimum Gasteiger partial charge on any atom is -0.398 e. The summed E-state index contributed by atoms with van der Waals surface area (Å²) in [5.41, 5.74) is 16.8. The number of azide groups is 1. The lowest BCUT2D eigenvalue weighted by Gasteiger charge is -2.19. The Morgan fingerprint density at radius 1 is 1.39 bits per heavy atom. The van der Waals surface area contributed by atoms with Gasteiger partial charge >= 0.3 is 0 Å². The summed E-state index contributed by atoms with van der Waals surface area (Å²) in [6, 6.07) is 5.94. The van der Waals surface area contributed by atoms with Crippen molar-refractivity contribution in [1.82, 2.24) is 0 Å². The smallest absolute Gasteiger partial charge is 0.0477 e. The maximum absolute atomic E-state index is 8.14. The molecule has 0 aliphatic rings. The second kappa shape index (κ2) is 6.00. The molecule has 0 amide bonds. The molecular weight excluding hydrogens is 224 g/mol. The van der Waals surface area contributed by atoms with Gasteiger partial charge in [0.15, 0.2) is 0 Å². The molecule has 1 rings (SSSR count). The highest BCUT2D eigenvalue weighted by molar-refractivity contribution is 5.57. The highest BCUT2D eigenvalue weighted by Gasteiger charge is 2.14. The second-order valence-electron chi connectivity index (χ2n) is 5.06. The fourth-order valence-corrected chi connectivity index (χ4v) is 1.44. The van der Waals surface area contributed by atoms with Crippen molar-refractivity contribution >= 4 is 5.69 Å². The molecule has 2 N–H and O–H groups in total. The van der Waals surface area contributed by atoms with Crippen LogP contribution in [-0.2, 0) is 5.41 Å². The molecule has 0 aromatic heterocycles. The average Bonchev–Trinajstić information content (AvgIpc) is 2.29. The van der Waals surface area contributed by atoms with E-state index in [0.717, 1.165) is 5.56 Å². The Labute approximate surface area is 108 Å². The highest BCUT2D eigenvalue weighted by atomic mass is 15.1. The number of nitrogens with two attached hydrogens (primary N) is 1. The zero-order valence-corrected chi connectivity index (χ0v) is 11.1. The number of nitrogen functional groups attached to an aromatic ring is 1. The van der Waals surface area contributed by atoms with E-state index in [1.807, 2.05) is 18.2 Å². The van der Waals surface area contributed by atoms with Gasteiger partial charge in [-0.05, 0) is 28.6 Å². The zero-order valence-electron chi connectivity index (χ0n) is 11.1. The molecule has 0 bridgehead atoms. The van der Waals surface area contributed by atoms with Gasteiger partial charge < -0.3 is 5.73 Å². The van der Waals surface area contributed by atoms with Crippen molar-refractivity contribution in [2.24, 2.45) is 5.11 Å². The molecule has 0 spiro atoms. The van der Waals surface area contributed by atoms with Crippen molar-refractivity contribution in [3.63, 3.8) is 0 Å². The van der Waals surface area contributed by atoms with Gasteiger partial charge in [-0.2, -0.15) is 0 Å². The molecule has 4 heteroatoms. The number of hydrogen-bond donors (Lipinski definition) is 1. The lowest BCUT2D eigenvalue weighted by atomic mass is 9.86. The largest absolute Gasteiger partial charge is 0.398 e. The summed E-state index contributed by atoms with van der Waals surface area (Å²) in [5.74, 6) is 5.99. The van der Waals surface area contributed by atoms with Crippen LogP contribution in [0.2, 0.25) is 0 Å². The summed E-state index contributed by atoms with van der Waals surface area (Å²) in [7, 11) is 0. The van der Waals surface area contributed by atoms with E-state index in [-0.39, 0.29) is 5.41 Å². The van der Waals surface area contributed by atoms with Crippen molar-refractivity contribution in [2.75, 3.05) is 12.3 Å². The third-order valence-corrected chi connectivity index (χ3v) is 2.54. The fourth-order valence-electron chi connectivity index (χ4n) is 1.44. The number of rotatable bonds is 2. The molecule has 18 heavy (non-hydrogen) atoms. The molecule has 1 aromatic rings. The standard InChI is InChI=1S/C14H18N4/c1-14(2,3)12-7-8-13(15)11(10-12)6-4-5-9-17-18-16/h7-8,10H,5,9,15H2,1-3H3. The summed E-state index contributed by atoms with van der Waals surface area (Å²) in [6.45, 7) is 6.84. The first-order valence-corrected chi connectivity index (χ1v) is 5.85. The topological polar surface area (TPSA) is 74.8 Å². The normalized spacial score (nSPS) is 10.2. The Morgan fingerprint density at radius 3 is 2.72 bits per heavy atom. The Hall–Kier alpha value is -2.11. The number of anilines is 1. The van der Waals surface area contributed by atoms with Crippen LogP contribution >= 0.6 is 0 Å². The first kappa shape index (κ1) is 14.0. The summed E-state index contributed by atoms with van der Waals surface area (Å²) >= 11 is 0. The predicted molar refractivity (Wildman–Crippen MR) is 75.1 cm³/mol. The third-order valence-electron chi connectivity index (χ3n) is 2.54. The lowest BCUT2D eigenvalue weighted by Crippen LogP contribution is -2.11. The van der Waals surface area contributed by atoms with E-state index < -0.39 is 0 Å². The quantitative estimate of drug-likeness (QED) is 0.211. The highest BCUT2D eigenvalue weighted by Crippen LogP contribution is 2.25. The molecule has 1 aromatic carbocycles. The summed E-state index contributed by atoms with van der Waals surface area (Å²) in [5, 5.41) is 3.43. The average molecular weight is 242 g/mol. The minimum absolute atomic E-state index is 0.0786. The van der Waals surface area contributed by atoms with Gasteiger partial charge in [0.1, 0.15) is 0 Å². The van der Waals surface area contributed by atoms with Crippen molar-refractivity contribution in [2.45, 2.75) is 32.6 Å². The van der Waals surface area contributed by atoms with Crippen molar-refractivity contribution in [3.05, 3.63) is 39.8 Å². The Balaban J connectivity index is 2.91. The number of nitrogens with zero attached hydrogens (tertiary/aromatic N) is 3. The molecule has 94 valence electrons. The van der Waals surface area contributed by atoms with Gasteiger partial charge in [-0.25, -0.2) is 0 Å². The fraction of sp³-hybridized carbons (Fsp3) is 0.429. The van der Waals surface area contributed by atoms with Crippen molar-refractivity contribution in [3.8, 4) is 11.8 Å². The molecule has 0 radical (unpaired) electrons. The van der Waals surface area contributed by atoms with Crippen LogP contribution in [-0.4, -0.2) is 6.54 Å². The third kappa shape index (κ3) is 4.04. The van der Waals surface area contributed by atoms with Gasteiger partial charge in [0.05, 0.1) is 0 Å². The van der Waals surface area contributed by atoms with Crippen molar-refractivity contribution < 1.29 is 0 Å². The van der Waals surface area contributed by atoms with Crippen LogP contribution < -0.4 is 5.73 Å². The van der Waals surface area contributed by atoms with Crippen LogP contribution in [0.15, 0.2) is 23.3 Å². The van der Waals surface area contributed by atoms with Crippen molar-refractivity contribution in [1.29, 1.82) is 0 Å². The first-order valence-electron chi connectivity index (χ1n) is 5.85. The Bertz CT molecular complexity index is 523. The molecule has 0 unspecified atom stereocenters. The van der Waals surface area contributed by atoms with Gasteiger partial charge in [-0.1, -0.05) is 43.8 Å². The van der Waals surface area contributed by atoms with E-state index >= 15 is 0 Å². The lowest BCUT2D eigenvalue weighted by molar-refractivity contribution is 0.590. The van der Waals surface area contributed by atoms with E-state index in [0.29, 0.717) is 18.7 Å². The van der Waals surface area contributed by atoms with E-state index in [9.17, 15) is 0 Å². The summed E-state index contributed by atoms with van der Waals surface area (Å²) < 4.78 is 0. The Kier molecular flexibility index (Phi) is 4.65. The van der Waals surface area contributed by atoms with Crippen LogP contribution in [0.25, 0.3) is 10.4 Å². The number of hydrogen-bond acceptors (Lipinski definition) is 2. The monoisotopic (exact) mass is 242 g/mol. The summed E-state index contributed by atoms with van der Waals surface area (Å²) in [4.78, 5) is 2.68. The molecule has 0 saturated carbocycles. The van der Waals surface area contributed by atoms with E-state index in [4.69, 9.17) is 11.3 Å².